The van der Waals surface area contributed by atoms with Crippen molar-refractivity contribution >= 4 is 17.5 Å². The van der Waals surface area contributed by atoms with E-state index in [9.17, 15) is 18.4 Å². The Morgan fingerprint density at radius 1 is 1.07 bits per heavy atom. The molecule has 6 heteroatoms. The van der Waals surface area contributed by atoms with Gasteiger partial charge in [0.05, 0.1) is 5.41 Å². The van der Waals surface area contributed by atoms with E-state index in [1.807, 2.05) is 13.0 Å². The molecule has 1 unspecified atom stereocenters. The van der Waals surface area contributed by atoms with Crippen molar-refractivity contribution in [1.29, 1.82) is 0 Å². The Bertz CT molecular complexity index is 1160. The number of fused-ring (bicyclic) bond motifs is 1. The first-order valence-corrected chi connectivity index (χ1v) is 9.08. The molecule has 0 saturated carbocycles. The largest absolute Gasteiger partial charge is 0.366 e. The summed E-state index contributed by atoms with van der Waals surface area (Å²) in [7, 11) is 0. The van der Waals surface area contributed by atoms with E-state index in [-0.39, 0.29) is 11.5 Å². The molecular weight excluding hydrogens is 374 g/mol. The molecule has 146 valence electrons. The van der Waals surface area contributed by atoms with Crippen LogP contribution in [-0.4, -0.2) is 11.8 Å². The topological polar surface area (TPSA) is 72.2 Å². The molecule has 1 aliphatic heterocycles. The van der Waals surface area contributed by atoms with Gasteiger partial charge < -0.3 is 11.1 Å². The van der Waals surface area contributed by atoms with Gasteiger partial charge in [0.1, 0.15) is 11.6 Å². The van der Waals surface area contributed by atoms with Gasteiger partial charge in [-0.3, -0.25) is 9.59 Å². The number of benzene rings is 3. The van der Waals surface area contributed by atoms with Crippen LogP contribution >= 0.6 is 0 Å². The molecule has 3 aromatic rings. The van der Waals surface area contributed by atoms with Gasteiger partial charge in [-0.25, -0.2) is 8.78 Å². The summed E-state index contributed by atoms with van der Waals surface area (Å²) in [6.07, 6.45) is 0.372. The molecule has 0 aliphatic carbocycles. The number of amides is 2. The Balaban J connectivity index is 1.71. The third-order valence-electron chi connectivity index (χ3n) is 5.37. The molecule has 1 aliphatic rings. The van der Waals surface area contributed by atoms with Crippen LogP contribution in [0, 0.1) is 11.6 Å². The molecule has 0 aromatic heterocycles. The zero-order valence-corrected chi connectivity index (χ0v) is 15.6. The minimum atomic E-state index is -0.856. The van der Waals surface area contributed by atoms with Gasteiger partial charge in [0.25, 0.3) is 0 Å². The Morgan fingerprint density at radius 2 is 1.86 bits per heavy atom. The number of nitrogens with two attached hydrogens (primary N) is 1. The van der Waals surface area contributed by atoms with Crippen molar-refractivity contribution in [2.75, 3.05) is 5.32 Å². The number of primary amides is 1. The zero-order chi connectivity index (χ0) is 20.8. The fourth-order valence-corrected chi connectivity index (χ4v) is 3.82. The highest BCUT2D eigenvalue weighted by Gasteiger charge is 2.42. The van der Waals surface area contributed by atoms with E-state index >= 15 is 0 Å². The third kappa shape index (κ3) is 3.27. The molecule has 3 N–H and O–H groups in total. The molecule has 1 heterocycles. The average Bonchev–Trinajstić information content (AvgIpc) is 2.91. The van der Waals surface area contributed by atoms with Gasteiger partial charge >= 0.3 is 0 Å². The molecule has 29 heavy (non-hydrogen) atoms. The molecule has 1 atom stereocenters. The quantitative estimate of drug-likeness (QED) is 0.699. The fourth-order valence-electron chi connectivity index (χ4n) is 3.82. The lowest BCUT2D eigenvalue weighted by molar-refractivity contribution is -0.120. The van der Waals surface area contributed by atoms with Gasteiger partial charge in [0, 0.05) is 22.9 Å². The monoisotopic (exact) mass is 392 g/mol. The van der Waals surface area contributed by atoms with Crippen LogP contribution in [0.15, 0.2) is 60.7 Å². The van der Waals surface area contributed by atoms with E-state index in [4.69, 9.17) is 5.73 Å². The van der Waals surface area contributed by atoms with Gasteiger partial charge in [-0.05, 0) is 60.4 Å². The number of hydrogen-bond acceptors (Lipinski definition) is 2. The fraction of sp³-hybridized carbons (Fsp3) is 0.130. The van der Waals surface area contributed by atoms with Crippen molar-refractivity contribution in [2.24, 2.45) is 5.73 Å². The number of rotatable bonds is 4. The molecule has 0 bridgehead atoms. The van der Waals surface area contributed by atoms with Crippen molar-refractivity contribution in [2.45, 2.75) is 18.8 Å². The van der Waals surface area contributed by atoms with Crippen LogP contribution in [0.2, 0.25) is 0 Å². The first kappa shape index (κ1) is 18.8. The van der Waals surface area contributed by atoms with Crippen LogP contribution in [-0.2, 0) is 16.6 Å². The lowest BCUT2D eigenvalue weighted by Gasteiger charge is -2.22. The van der Waals surface area contributed by atoms with Gasteiger partial charge in [-0.2, -0.15) is 0 Å². The lowest BCUT2D eigenvalue weighted by Crippen LogP contribution is -2.33. The minimum Gasteiger partial charge on any atom is -0.366 e. The van der Waals surface area contributed by atoms with Crippen LogP contribution in [0.1, 0.15) is 28.4 Å². The van der Waals surface area contributed by atoms with Crippen LogP contribution in [0.4, 0.5) is 14.5 Å². The standard InChI is InChI=1S/C23H18F2N2O2/c1-23(12-13-3-2-4-15(9-13)21(26)28)18-8-5-14(10-20(18)27-22(23)29)17-7-6-16(24)11-19(17)25/h2-11H,12H2,1H3,(H2,26,28)(H,27,29). The second kappa shape index (κ2) is 6.81. The summed E-state index contributed by atoms with van der Waals surface area (Å²) in [4.78, 5) is 24.3. The van der Waals surface area contributed by atoms with Crippen molar-refractivity contribution in [3.05, 3.63) is 89.0 Å². The number of nitrogens with one attached hydrogen (secondary N) is 1. The zero-order valence-electron chi connectivity index (χ0n) is 15.6. The maximum Gasteiger partial charge on any atom is 0.248 e. The molecule has 4 rings (SSSR count). The number of halogens is 2. The summed E-state index contributed by atoms with van der Waals surface area (Å²) < 4.78 is 27.3. The Morgan fingerprint density at radius 3 is 2.59 bits per heavy atom. The predicted molar refractivity (Wildman–Crippen MR) is 106 cm³/mol. The number of carbonyl (C=O) groups excluding carboxylic acids is 2. The number of carbonyl (C=O) groups is 2. The summed E-state index contributed by atoms with van der Waals surface area (Å²) in [5.74, 6) is -2.03. The van der Waals surface area contributed by atoms with Crippen LogP contribution in [0.25, 0.3) is 11.1 Å². The summed E-state index contributed by atoms with van der Waals surface area (Å²) in [5.41, 5.74) is 7.84. The van der Waals surface area contributed by atoms with E-state index in [1.165, 1.54) is 12.1 Å². The van der Waals surface area contributed by atoms with Gasteiger partial charge in [-0.1, -0.05) is 24.3 Å². The SMILES string of the molecule is CC1(Cc2cccc(C(N)=O)c2)C(=O)Nc2cc(-c3ccc(F)cc3F)ccc21. The summed E-state index contributed by atoms with van der Waals surface area (Å²) in [6.45, 7) is 1.82. The predicted octanol–water partition coefficient (Wildman–Crippen LogP) is 4.18. The average molecular weight is 392 g/mol. The first-order valence-electron chi connectivity index (χ1n) is 9.08. The minimum absolute atomic E-state index is 0.186. The summed E-state index contributed by atoms with van der Waals surface area (Å²) in [5, 5.41) is 2.86. The van der Waals surface area contributed by atoms with Gasteiger partial charge in [0.2, 0.25) is 11.8 Å². The second-order valence-electron chi connectivity index (χ2n) is 7.41. The molecule has 0 saturated heterocycles. The molecule has 0 spiro atoms. The number of anilines is 1. The normalized spacial score (nSPS) is 17.7. The van der Waals surface area contributed by atoms with Gasteiger partial charge in [-0.15, -0.1) is 0 Å². The van der Waals surface area contributed by atoms with Crippen LogP contribution in [0.3, 0.4) is 0 Å². The Kier molecular flexibility index (Phi) is 4.42. The smallest absolute Gasteiger partial charge is 0.248 e. The molecule has 2 amide bonds. The highest BCUT2D eigenvalue weighted by Crippen LogP contribution is 2.42. The van der Waals surface area contributed by atoms with Gasteiger partial charge in [0.15, 0.2) is 0 Å². The van der Waals surface area contributed by atoms with E-state index in [2.05, 4.69) is 5.32 Å². The maximum atomic E-state index is 14.1. The second-order valence-corrected chi connectivity index (χ2v) is 7.41. The van der Waals surface area contributed by atoms with E-state index in [0.717, 1.165) is 17.2 Å². The van der Waals surface area contributed by atoms with E-state index < -0.39 is 23.0 Å². The summed E-state index contributed by atoms with van der Waals surface area (Å²) in [6, 6.07) is 15.5. The molecule has 3 aromatic carbocycles. The van der Waals surface area contributed by atoms with Crippen molar-refractivity contribution in [3.63, 3.8) is 0 Å². The lowest BCUT2D eigenvalue weighted by atomic mass is 9.78. The van der Waals surface area contributed by atoms with E-state index in [0.29, 0.717) is 23.2 Å². The summed E-state index contributed by atoms with van der Waals surface area (Å²) >= 11 is 0. The molecule has 4 nitrogen and oxygen atoms in total. The first-order chi connectivity index (χ1) is 13.8. The third-order valence-corrected chi connectivity index (χ3v) is 5.37. The van der Waals surface area contributed by atoms with E-state index in [1.54, 1.807) is 36.4 Å². The molecule has 0 fully saturated rings. The molecular formula is C23H18F2N2O2. The van der Waals surface area contributed by atoms with Crippen LogP contribution in [0.5, 0.6) is 0 Å². The highest BCUT2D eigenvalue weighted by atomic mass is 19.1. The Hall–Kier alpha value is -3.54. The highest BCUT2D eigenvalue weighted by molar-refractivity contribution is 6.06. The van der Waals surface area contributed by atoms with Crippen molar-refractivity contribution in [1.82, 2.24) is 0 Å². The van der Waals surface area contributed by atoms with Crippen molar-refractivity contribution in [3.8, 4) is 11.1 Å². The van der Waals surface area contributed by atoms with Crippen molar-refractivity contribution < 1.29 is 18.4 Å². The Labute approximate surface area is 166 Å². The number of hydrogen-bond donors (Lipinski definition) is 2. The maximum absolute atomic E-state index is 14.1. The van der Waals surface area contributed by atoms with Crippen LogP contribution < -0.4 is 11.1 Å². The molecule has 0 radical (unpaired) electrons.